The normalized spacial score (nSPS) is 16.0. The van der Waals surface area contributed by atoms with E-state index in [9.17, 15) is 9.18 Å². The van der Waals surface area contributed by atoms with Gasteiger partial charge in [0, 0.05) is 24.2 Å². The second kappa shape index (κ2) is 9.25. The average molecular weight is 441 g/mol. The van der Waals surface area contributed by atoms with Crippen molar-refractivity contribution in [2.75, 3.05) is 34.4 Å². The lowest BCUT2D eigenvalue weighted by Crippen LogP contribution is -2.39. The summed E-state index contributed by atoms with van der Waals surface area (Å²) in [6.07, 6.45) is 1.62. The van der Waals surface area contributed by atoms with Crippen LogP contribution in [0.4, 0.5) is 4.39 Å². The maximum absolute atomic E-state index is 13.2. The molecule has 1 amide bonds. The van der Waals surface area contributed by atoms with Crippen LogP contribution >= 0.6 is 0 Å². The van der Waals surface area contributed by atoms with Gasteiger partial charge < -0.3 is 23.5 Å². The molecule has 1 aliphatic rings. The van der Waals surface area contributed by atoms with Crippen LogP contribution in [0.15, 0.2) is 40.8 Å². The Morgan fingerprint density at radius 3 is 2.38 bits per heavy atom. The lowest BCUT2D eigenvalue weighted by Gasteiger charge is -2.31. The number of likely N-dealkylation sites (tertiary alicyclic amines) is 1. The van der Waals surface area contributed by atoms with Gasteiger partial charge in [-0.25, -0.2) is 4.39 Å². The van der Waals surface area contributed by atoms with E-state index >= 15 is 0 Å². The largest absolute Gasteiger partial charge is 0.493 e. The molecule has 2 heterocycles. The molecule has 1 unspecified atom stereocenters. The fraction of sp³-hybridized carbons (Fsp3) is 0.348. The van der Waals surface area contributed by atoms with Gasteiger partial charge in [-0.2, -0.15) is 0 Å². The van der Waals surface area contributed by atoms with Crippen LogP contribution in [0.2, 0.25) is 0 Å². The monoisotopic (exact) mass is 441 g/mol. The molecule has 1 fully saturated rings. The van der Waals surface area contributed by atoms with Crippen LogP contribution in [-0.2, 0) is 0 Å². The highest BCUT2D eigenvalue weighted by molar-refractivity contribution is 5.95. The van der Waals surface area contributed by atoms with E-state index in [4.69, 9.17) is 18.6 Å². The van der Waals surface area contributed by atoms with E-state index in [1.165, 1.54) is 33.5 Å². The Morgan fingerprint density at radius 1 is 1.06 bits per heavy atom. The van der Waals surface area contributed by atoms with Gasteiger partial charge in [0.2, 0.25) is 17.5 Å². The summed E-state index contributed by atoms with van der Waals surface area (Å²) < 4.78 is 35.1. The molecule has 0 spiro atoms. The Labute approximate surface area is 184 Å². The van der Waals surface area contributed by atoms with E-state index in [1.807, 2.05) is 0 Å². The molecule has 9 heteroatoms. The smallest absolute Gasteiger partial charge is 0.254 e. The second-order valence-electron chi connectivity index (χ2n) is 7.46. The molecular formula is C23H24FN3O5. The Balaban J connectivity index is 1.53. The molecule has 2 aromatic carbocycles. The third-order valence-electron chi connectivity index (χ3n) is 5.50. The molecule has 1 aliphatic heterocycles. The number of hydrogen-bond acceptors (Lipinski definition) is 7. The third-order valence-corrected chi connectivity index (χ3v) is 5.50. The van der Waals surface area contributed by atoms with Crippen molar-refractivity contribution in [3.8, 4) is 28.7 Å². The summed E-state index contributed by atoms with van der Waals surface area (Å²) in [5.74, 6) is 1.50. The van der Waals surface area contributed by atoms with Crippen LogP contribution in [0.25, 0.3) is 11.5 Å². The number of ether oxygens (including phenoxy) is 3. The Morgan fingerprint density at radius 2 is 1.75 bits per heavy atom. The van der Waals surface area contributed by atoms with Crippen LogP contribution in [-0.4, -0.2) is 55.4 Å². The number of rotatable bonds is 6. The van der Waals surface area contributed by atoms with Gasteiger partial charge in [-0.15, -0.1) is 10.2 Å². The number of methoxy groups -OCH3 is 3. The van der Waals surface area contributed by atoms with Crippen molar-refractivity contribution in [1.29, 1.82) is 0 Å². The fourth-order valence-corrected chi connectivity index (χ4v) is 3.86. The molecule has 1 atom stereocenters. The van der Waals surface area contributed by atoms with Gasteiger partial charge in [0.1, 0.15) is 5.82 Å². The molecule has 168 valence electrons. The summed E-state index contributed by atoms with van der Waals surface area (Å²) in [5, 5.41) is 8.27. The summed E-state index contributed by atoms with van der Waals surface area (Å²) in [6.45, 7) is 1.06. The van der Waals surface area contributed by atoms with Gasteiger partial charge in [0.25, 0.3) is 5.91 Å². The standard InChI is InChI=1S/C23H24FN3O5/c1-29-18-11-16(12-19(30-2)20(18)31-3)23(28)27-10-4-5-15(13-27)22-26-25-21(32-22)14-6-8-17(24)9-7-14/h6-9,11-12,15H,4-5,10,13H2,1-3H3. The van der Waals surface area contributed by atoms with Crippen molar-refractivity contribution in [3.05, 3.63) is 53.7 Å². The van der Waals surface area contributed by atoms with E-state index < -0.39 is 0 Å². The minimum absolute atomic E-state index is 0.0866. The molecule has 1 saturated heterocycles. The maximum Gasteiger partial charge on any atom is 0.254 e. The zero-order chi connectivity index (χ0) is 22.7. The van der Waals surface area contributed by atoms with Crippen molar-refractivity contribution >= 4 is 5.91 Å². The Kier molecular flexibility index (Phi) is 6.25. The summed E-state index contributed by atoms with van der Waals surface area (Å²) in [5.41, 5.74) is 1.09. The summed E-state index contributed by atoms with van der Waals surface area (Å²) >= 11 is 0. The van der Waals surface area contributed by atoms with Crippen molar-refractivity contribution in [1.82, 2.24) is 15.1 Å². The molecule has 0 saturated carbocycles. The summed E-state index contributed by atoms with van der Waals surface area (Å²) in [7, 11) is 4.54. The van der Waals surface area contributed by atoms with Gasteiger partial charge in [-0.1, -0.05) is 0 Å². The van der Waals surface area contributed by atoms with Crippen molar-refractivity contribution in [2.24, 2.45) is 0 Å². The van der Waals surface area contributed by atoms with E-state index in [0.717, 1.165) is 12.8 Å². The molecule has 8 nitrogen and oxygen atoms in total. The lowest BCUT2D eigenvalue weighted by atomic mass is 9.97. The van der Waals surface area contributed by atoms with Crippen LogP contribution in [0.1, 0.15) is 35.0 Å². The molecule has 0 N–H and O–H groups in total. The molecule has 0 radical (unpaired) electrons. The Hall–Kier alpha value is -3.62. The first-order valence-corrected chi connectivity index (χ1v) is 10.2. The van der Waals surface area contributed by atoms with Gasteiger partial charge in [-0.3, -0.25) is 4.79 Å². The fourth-order valence-electron chi connectivity index (χ4n) is 3.86. The molecule has 4 rings (SSSR count). The highest BCUT2D eigenvalue weighted by atomic mass is 19.1. The van der Waals surface area contributed by atoms with Gasteiger partial charge in [-0.05, 0) is 49.2 Å². The number of benzene rings is 2. The molecule has 1 aromatic heterocycles. The minimum Gasteiger partial charge on any atom is -0.493 e. The zero-order valence-electron chi connectivity index (χ0n) is 18.1. The van der Waals surface area contributed by atoms with E-state index in [0.29, 0.717) is 53.2 Å². The predicted molar refractivity (Wildman–Crippen MR) is 114 cm³/mol. The second-order valence-corrected chi connectivity index (χ2v) is 7.46. The SMILES string of the molecule is COc1cc(C(=O)N2CCCC(c3nnc(-c4ccc(F)cc4)o3)C2)cc(OC)c1OC. The van der Waals surface area contributed by atoms with Crippen LogP contribution in [0.5, 0.6) is 17.2 Å². The molecule has 0 bridgehead atoms. The summed E-state index contributed by atoms with van der Waals surface area (Å²) in [4.78, 5) is 15.0. The zero-order valence-corrected chi connectivity index (χ0v) is 18.1. The molecule has 0 aliphatic carbocycles. The van der Waals surface area contributed by atoms with E-state index in [2.05, 4.69) is 10.2 Å². The first kappa shape index (κ1) is 21.6. The maximum atomic E-state index is 13.2. The number of aromatic nitrogens is 2. The lowest BCUT2D eigenvalue weighted by molar-refractivity contribution is 0.0697. The number of carbonyl (C=O) groups excluding carboxylic acids is 1. The highest BCUT2D eigenvalue weighted by Gasteiger charge is 2.30. The quantitative estimate of drug-likeness (QED) is 0.573. The molecule has 3 aromatic rings. The number of carbonyl (C=O) groups is 1. The van der Waals surface area contributed by atoms with Crippen LogP contribution in [0, 0.1) is 5.82 Å². The van der Waals surface area contributed by atoms with Crippen LogP contribution < -0.4 is 14.2 Å². The number of piperidine rings is 1. The average Bonchev–Trinajstić information content (AvgIpc) is 3.33. The first-order valence-electron chi connectivity index (χ1n) is 10.2. The number of nitrogens with zero attached hydrogens (tertiary/aromatic N) is 3. The van der Waals surface area contributed by atoms with Crippen LogP contribution in [0.3, 0.4) is 0 Å². The van der Waals surface area contributed by atoms with Gasteiger partial charge >= 0.3 is 0 Å². The van der Waals surface area contributed by atoms with Crippen molar-refractivity contribution < 1.29 is 27.8 Å². The van der Waals surface area contributed by atoms with Gasteiger partial charge in [0.15, 0.2) is 11.5 Å². The van der Waals surface area contributed by atoms with E-state index in [1.54, 1.807) is 29.2 Å². The van der Waals surface area contributed by atoms with Crippen molar-refractivity contribution in [3.63, 3.8) is 0 Å². The topological polar surface area (TPSA) is 86.9 Å². The predicted octanol–water partition coefficient (Wildman–Crippen LogP) is 3.92. The highest BCUT2D eigenvalue weighted by Crippen LogP contribution is 2.39. The van der Waals surface area contributed by atoms with Gasteiger partial charge in [0.05, 0.1) is 27.2 Å². The Bertz CT molecular complexity index is 1070. The minimum atomic E-state index is -0.332. The summed E-state index contributed by atoms with van der Waals surface area (Å²) in [6, 6.07) is 9.16. The number of hydrogen-bond donors (Lipinski definition) is 0. The first-order chi connectivity index (χ1) is 15.5. The third kappa shape index (κ3) is 4.23. The molecular weight excluding hydrogens is 417 g/mol. The number of halogens is 1. The number of amides is 1. The van der Waals surface area contributed by atoms with Crippen molar-refractivity contribution in [2.45, 2.75) is 18.8 Å². The molecule has 32 heavy (non-hydrogen) atoms. The van der Waals surface area contributed by atoms with E-state index in [-0.39, 0.29) is 17.6 Å².